The molecule has 1 saturated carbocycles. The SMILES string of the molecule is C[C@@H]1CCCN(c2ccc(NC(=O)[C@H](CC(F)(F)F)n3nc(C(F)(F)F)c(Cl)c3C3CC3)c(-c3nn[nH]n3)c2)C1. The van der Waals surface area contributed by atoms with Crippen molar-refractivity contribution in [2.45, 2.75) is 63.3 Å². The number of carbonyl (C=O) groups is 1. The number of halogens is 7. The molecule has 216 valence electrons. The Balaban J connectivity index is 1.53. The average molecular weight is 591 g/mol. The molecule has 2 aromatic heterocycles. The average Bonchev–Trinajstić information content (AvgIpc) is 3.41. The van der Waals surface area contributed by atoms with E-state index in [4.69, 9.17) is 11.6 Å². The number of rotatable bonds is 7. The quantitative estimate of drug-likeness (QED) is 0.328. The van der Waals surface area contributed by atoms with E-state index in [1.54, 1.807) is 12.1 Å². The number of amides is 1. The van der Waals surface area contributed by atoms with Gasteiger partial charge < -0.3 is 10.2 Å². The van der Waals surface area contributed by atoms with E-state index in [0.717, 1.165) is 31.6 Å². The predicted octanol–water partition coefficient (Wildman–Crippen LogP) is 5.98. The van der Waals surface area contributed by atoms with E-state index in [9.17, 15) is 31.1 Å². The molecule has 1 saturated heterocycles. The summed E-state index contributed by atoms with van der Waals surface area (Å²) in [6, 6.07) is 2.75. The fourth-order valence-electron chi connectivity index (χ4n) is 5.02. The number of tetrazole rings is 1. The summed E-state index contributed by atoms with van der Waals surface area (Å²) in [5, 5.41) is 18.8. The van der Waals surface area contributed by atoms with E-state index >= 15 is 0 Å². The number of benzene rings is 1. The van der Waals surface area contributed by atoms with Crippen molar-refractivity contribution in [3.05, 3.63) is 34.6 Å². The maximum Gasteiger partial charge on any atom is 0.436 e. The fourth-order valence-corrected chi connectivity index (χ4v) is 5.40. The summed E-state index contributed by atoms with van der Waals surface area (Å²) in [5.74, 6) is -1.21. The van der Waals surface area contributed by atoms with Gasteiger partial charge in [-0.25, -0.2) is 0 Å². The maximum atomic E-state index is 13.7. The topological polar surface area (TPSA) is 105 Å². The first-order valence-electron chi connectivity index (χ1n) is 12.7. The maximum absolute atomic E-state index is 13.7. The molecule has 0 spiro atoms. The van der Waals surface area contributed by atoms with Gasteiger partial charge >= 0.3 is 12.4 Å². The van der Waals surface area contributed by atoms with Gasteiger partial charge in [0.25, 0.3) is 0 Å². The Kier molecular flexibility index (Phi) is 7.44. The summed E-state index contributed by atoms with van der Waals surface area (Å²) < 4.78 is 82.2. The molecule has 0 radical (unpaired) electrons. The van der Waals surface area contributed by atoms with Crippen molar-refractivity contribution < 1.29 is 31.1 Å². The highest BCUT2D eigenvalue weighted by Gasteiger charge is 2.46. The summed E-state index contributed by atoms with van der Waals surface area (Å²) in [7, 11) is 0. The largest absolute Gasteiger partial charge is 0.436 e. The molecular weight excluding hydrogens is 566 g/mol. The summed E-state index contributed by atoms with van der Waals surface area (Å²) in [5.41, 5.74) is -0.619. The van der Waals surface area contributed by atoms with Gasteiger partial charge in [-0.3, -0.25) is 9.48 Å². The number of aromatic nitrogens is 6. The highest BCUT2D eigenvalue weighted by atomic mass is 35.5. The van der Waals surface area contributed by atoms with E-state index in [0.29, 0.717) is 23.4 Å². The van der Waals surface area contributed by atoms with Gasteiger partial charge in [-0.2, -0.15) is 36.7 Å². The third kappa shape index (κ3) is 6.03. The van der Waals surface area contributed by atoms with Crippen LogP contribution >= 0.6 is 11.6 Å². The van der Waals surface area contributed by atoms with Crippen molar-refractivity contribution in [2.24, 2.45) is 5.92 Å². The molecule has 9 nitrogen and oxygen atoms in total. The van der Waals surface area contributed by atoms with Gasteiger partial charge in [-0.15, -0.1) is 10.2 Å². The Labute approximate surface area is 229 Å². The second kappa shape index (κ2) is 10.6. The zero-order chi connectivity index (χ0) is 28.8. The molecule has 1 aromatic carbocycles. The Hall–Kier alpha value is -3.36. The first-order valence-corrected chi connectivity index (χ1v) is 13.0. The molecule has 0 bridgehead atoms. The lowest BCUT2D eigenvalue weighted by Gasteiger charge is -2.33. The van der Waals surface area contributed by atoms with Gasteiger partial charge in [0.2, 0.25) is 11.7 Å². The first kappa shape index (κ1) is 28.2. The van der Waals surface area contributed by atoms with Gasteiger partial charge in [0.15, 0.2) is 5.69 Å². The standard InChI is InChI=1S/C24H25ClF6N8O/c1-12-3-2-8-38(11-12)14-6-7-16(15(9-14)21-33-36-37-34-21)32-22(40)17(10-23(26,27)28)39-19(13-4-5-13)18(25)20(35-39)24(29,30)31/h6-7,9,12-13,17H,2-5,8,10-11H2,1H3,(H,32,40)(H,33,34,36,37)/t12-,17+/m1/s1. The van der Waals surface area contributed by atoms with Crippen LogP contribution in [0.4, 0.5) is 37.7 Å². The van der Waals surface area contributed by atoms with E-state index < -0.39 is 47.4 Å². The molecule has 2 N–H and O–H groups in total. The minimum Gasteiger partial charge on any atom is -0.371 e. The Bertz CT molecular complexity index is 1370. The third-order valence-corrected chi connectivity index (χ3v) is 7.38. The zero-order valence-corrected chi connectivity index (χ0v) is 21.9. The minimum atomic E-state index is -5.02. The number of aromatic amines is 1. The first-order chi connectivity index (χ1) is 18.8. The summed E-state index contributed by atoms with van der Waals surface area (Å²) in [6.07, 6.45) is -8.77. The Morgan fingerprint density at radius 3 is 2.55 bits per heavy atom. The van der Waals surface area contributed by atoms with Crippen molar-refractivity contribution in [1.82, 2.24) is 30.4 Å². The van der Waals surface area contributed by atoms with Crippen molar-refractivity contribution in [1.29, 1.82) is 0 Å². The van der Waals surface area contributed by atoms with Crippen molar-refractivity contribution in [3.8, 4) is 11.4 Å². The van der Waals surface area contributed by atoms with E-state index in [1.807, 2.05) is 0 Å². The van der Waals surface area contributed by atoms with Crippen LogP contribution in [0.5, 0.6) is 0 Å². The van der Waals surface area contributed by atoms with Crippen molar-refractivity contribution in [2.75, 3.05) is 23.3 Å². The molecule has 1 aliphatic heterocycles. The number of nitrogens with zero attached hydrogens (tertiary/aromatic N) is 6. The molecule has 3 aromatic rings. The molecule has 3 heterocycles. The molecule has 2 fully saturated rings. The van der Waals surface area contributed by atoms with Gasteiger partial charge in [0.1, 0.15) is 6.04 Å². The molecule has 5 rings (SSSR count). The lowest BCUT2D eigenvalue weighted by molar-refractivity contribution is -0.152. The van der Waals surface area contributed by atoms with Crippen molar-refractivity contribution in [3.63, 3.8) is 0 Å². The van der Waals surface area contributed by atoms with Crippen LogP contribution in [0, 0.1) is 5.92 Å². The van der Waals surface area contributed by atoms with E-state index in [-0.39, 0.29) is 22.8 Å². The summed E-state index contributed by atoms with van der Waals surface area (Å²) >= 11 is 5.98. The molecule has 1 aliphatic carbocycles. The number of hydrogen-bond donors (Lipinski definition) is 2. The van der Waals surface area contributed by atoms with Crippen LogP contribution < -0.4 is 10.2 Å². The number of hydrogen-bond acceptors (Lipinski definition) is 6. The van der Waals surface area contributed by atoms with Gasteiger partial charge in [0, 0.05) is 30.3 Å². The summed E-state index contributed by atoms with van der Waals surface area (Å²) in [4.78, 5) is 15.6. The molecule has 16 heteroatoms. The van der Waals surface area contributed by atoms with Gasteiger partial charge in [-0.1, -0.05) is 18.5 Å². The van der Waals surface area contributed by atoms with E-state index in [2.05, 4.69) is 42.9 Å². The lowest BCUT2D eigenvalue weighted by atomic mass is 9.99. The number of carbonyl (C=O) groups excluding carboxylic acids is 1. The number of nitrogens with one attached hydrogen (secondary N) is 2. The predicted molar refractivity (Wildman–Crippen MR) is 133 cm³/mol. The molecule has 2 atom stereocenters. The van der Waals surface area contributed by atoms with Gasteiger partial charge in [-0.05, 0) is 55.0 Å². The summed E-state index contributed by atoms with van der Waals surface area (Å²) in [6.45, 7) is 3.71. The molecule has 0 unspecified atom stereocenters. The van der Waals surface area contributed by atoms with Crippen LogP contribution in [0.2, 0.25) is 5.02 Å². The number of alkyl halides is 6. The van der Waals surface area contributed by atoms with Crippen LogP contribution in [-0.2, 0) is 11.0 Å². The highest BCUT2D eigenvalue weighted by Crippen LogP contribution is 2.48. The monoisotopic (exact) mass is 590 g/mol. The highest BCUT2D eigenvalue weighted by molar-refractivity contribution is 6.32. The molecule has 40 heavy (non-hydrogen) atoms. The zero-order valence-electron chi connectivity index (χ0n) is 21.2. The minimum absolute atomic E-state index is 0.0645. The Morgan fingerprint density at radius 1 is 1.20 bits per heavy atom. The number of anilines is 2. The second-order valence-electron chi connectivity index (χ2n) is 10.2. The van der Waals surface area contributed by atoms with Crippen molar-refractivity contribution >= 4 is 28.9 Å². The van der Waals surface area contributed by atoms with Crippen LogP contribution in [-0.4, -0.2) is 55.6 Å². The molecular formula is C24H25ClF6N8O. The second-order valence-corrected chi connectivity index (χ2v) is 10.6. The molecule has 2 aliphatic rings. The van der Waals surface area contributed by atoms with Crippen LogP contribution in [0.25, 0.3) is 11.4 Å². The van der Waals surface area contributed by atoms with E-state index in [1.165, 1.54) is 6.07 Å². The normalized spacial score (nSPS) is 19.1. The number of piperidine rings is 1. The third-order valence-electron chi connectivity index (χ3n) is 7.01. The fraction of sp³-hybridized carbons (Fsp3) is 0.542. The van der Waals surface area contributed by atoms with Gasteiger partial charge in [0.05, 0.1) is 22.8 Å². The lowest BCUT2D eigenvalue weighted by Crippen LogP contribution is -2.34. The van der Waals surface area contributed by atoms with Crippen LogP contribution in [0.1, 0.15) is 62.4 Å². The molecule has 1 amide bonds. The Morgan fingerprint density at radius 2 is 1.95 bits per heavy atom. The van der Waals surface area contributed by atoms with Crippen LogP contribution in [0.3, 0.4) is 0 Å². The number of H-pyrrole nitrogens is 1. The smallest absolute Gasteiger partial charge is 0.371 e. The van der Waals surface area contributed by atoms with Crippen LogP contribution in [0.15, 0.2) is 18.2 Å².